The van der Waals surface area contributed by atoms with Gasteiger partial charge in [-0.25, -0.2) is 0 Å². The van der Waals surface area contributed by atoms with E-state index in [1.54, 1.807) is 6.26 Å². The normalized spacial score (nSPS) is 14.4. The standard InChI is InChI=1S/C12H20N2OS/c1-9-4-5-11(8-12(9)13)14-7-6-10(2)16(3)15/h4-5,8,10,14H,6-7,13H2,1-3H3. The molecule has 1 aromatic carbocycles. The molecule has 90 valence electrons. The number of nitrogen functional groups attached to an aromatic ring is 1. The van der Waals surface area contributed by atoms with Crippen LogP contribution in [0, 0.1) is 6.92 Å². The lowest BCUT2D eigenvalue weighted by Gasteiger charge is -2.11. The monoisotopic (exact) mass is 240 g/mol. The van der Waals surface area contributed by atoms with E-state index in [4.69, 9.17) is 5.73 Å². The highest BCUT2D eigenvalue weighted by atomic mass is 32.2. The molecule has 0 aliphatic rings. The number of rotatable bonds is 5. The van der Waals surface area contributed by atoms with E-state index in [9.17, 15) is 4.21 Å². The summed E-state index contributed by atoms with van der Waals surface area (Å²) in [6.45, 7) is 4.81. The fourth-order valence-corrected chi connectivity index (χ4v) is 1.79. The lowest BCUT2D eigenvalue weighted by atomic mass is 10.2. The van der Waals surface area contributed by atoms with Crippen molar-refractivity contribution in [2.45, 2.75) is 25.5 Å². The maximum Gasteiger partial charge on any atom is 0.0364 e. The van der Waals surface area contributed by atoms with Gasteiger partial charge in [0.1, 0.15) is 0 Å². The average Bonchev–Trinajstić information content (AvgIpc) is 2.23. The zero-order valence-electron chi connectivity index (χ0n) is 10.1. The van der Waals surface area contributed by atoms with Crippen molar-refractivity contribution in [3.63, 3.8) is 0 Å². The van der Waals surface area contributed by atoms with Gasteiger partial charge in [-0.05, 0) is 31.0 Å². The molecular weight excluding hydrogens is 220 g/mol. The van der Waals surface area contributed by atoms with Gasteiger partial charge >= 0.3 is 0 Å². The van der Waals surface area contributed by atoms with Crippen LogP contribution in [0.4, 0.5) is 11.4 Å². The minimum Gasteiger partial charge on any atom is -0.398 e. The molecule has 3 N–H and O–H groups in total. The lowest BCUT2D eigenvalue weighted by molar-refractivity contribution is 0.672. The first-order chi connectivity index (χ1) is 7.50. The van der Waals surface area contributed by atoms with Crippen LogP contribution in [-0.4, -0.2) is 22.3 Å². The van der Waals surface area contributed by atoms with E-state index in [0.29, 0.717) is 0 Å². The quantitative estimate of drug-likeness (QED) is 0.775. The van der Waals surface area contributed by atoms with Gasteiger partial charge in [0.05, 0.1) is 0 Å². The second-order valence-corrected chi connectivity index (χ2v) is 5.90. The number of anilines is 2. The van der Waals surface area contributed by atoms with Crippen LogP contribution in [0.25, 0.3) is 0 Å². The molecule has 2 atom stereocenters. The molecule has 4 heteroatoms. The summed E-state index contributed by atoms with van der Waals surface area (Å²) in [5.74, 6) is 0. The molecule has 2 unspecified atom stereocenters. The van der Waals surface area contributed by atoms with Crippen molar-refractivity contribution in [1.82, 2.24) is 0 Å². The third kappa shape index (κ3) is 3.85. The molecule has 0 aliphatic carbocycles. The van der Waals surface area contributed by atoms with E-state index in [2.05, 4.69) is 5.32 Å². The van der Waals surface area contributed by atoms with Gasteiger partial charge in [-0.15, -0.1) is 0 Å². The second kappa shape index (κ2) is 5.89. The zero-order chi connectivity index (χ0) is 12.1. The van der Waals surface area contributed by atoms with Crippen LogP contribution in [0.5, 0.6) is 0 Å². The molecule has 0 saturated carbocycles. The Morgan fingerprint density at radius 2 is 2.19 bits per heavy atom. The molecule has 0 spiro atoms. The van der Waals surface area contributed by atoms with Crippen LogP contribution >= 0.6 is 0 Å². The van der Waals surface area contributed by atoms with Crippen LogP contribution in [-0.2, 0) is 10.8 Å². The summed E-state index contributed by atoms with van der Waals surface area (Å²) in [4.78, 5) is 0. The highest BCUT2D eigenvalue weighted by Crippen LogP contribution is 2.16. The number of benzene rings is 1. The predicted octanol–water partition coefficient (Wildman–Crippen LogP) is 2.15. The van der Waals surface area contributed by atoms with E-state index in [-0.39, 0.29) is 5.25 Å². The molecule has 0 fully saturated rings. The maximum absolute atomic E-state index is 11.1. The van der Waals surface area contributed by atoms with Crippen LogP contribution < -0.4 is 11.1 Å². The van der Waals surface area contributed by atoms with E-state index < -0.39 is 10.8 Å². The average molecular weight is 240 g/mol. The fourth-order valence-electron chi connectivity index (χ4n) is 1.34. The molecule has 0 bridgehead atoms. The Labute approximate surface area is 99.9 Å². The zero-order valence-corrected chi connectivity index (χ0v) is 10.9. The Hall–Kier alpha value is -1.03. The van der Waals surface area contributed by atoms with E-state index in [0.717, 1.165) is 29.9 Å². The summed E-state index contributed by atoms with van der Waals surface area (Å²) in [6.07, 6.45) is 2.64. The van der Waals surface area contributed by atoms with Gasteiger partial charge in [-0.3, -0.25) is 4.21 Å². The fraction of sp³-hybridized carbons (Fsp3) is 0.500. The van der Waals surface area contributed by atoms with Crippen molar-refractivity contribution in [2.75, 3.05) is 23.9 Å². The van der Waals surface area contributed by atoms with Crippen LogP contribution in [0.1, 0.15) is 18.9 Å². The minimum absolute atomic E-state index is 0.232. The van der Waals surface area contributed by atoms with Crippen LogP contribution in [0.3, 0.4) is 0 Å². The first-order valence-electron chi connectivity index (χ1n) is 5.43. The summed E-state index contributed by atoms with van der Waals surface area (Å²) in [7, 11) is -0.741. The molecule has 0 amide bonds. The van der Waals surface area contributed by atoms with Gasteiger partial charge in [-0.2, -0.15) is 0 Å². The SMILES string of the molecule is Cc1ccc(NCCC(C)S(C)=O)cc1N. The van der Waals surface area contributed by atoms with Gasteiger partial charge in [0, 0.05) is 40.2 Å². The molecule has 0 radical (unpaired) electrons. The van der Waals surface area contributed by atoms with Crippen molar-refractivity contribution in [2.24, 2.45) is 0 Å². The molecule has 0 aromatic heterocycles. The molecule has 0 saturated heterocycles. The summed E-state index contributed by atoms with van der Waals surface area (Å²) in [5.41, 5.74) is 8.73. The predicted molar refractivity (Wildman–Crippen MR) is 72.2 cm³/mol. The number of nitrogens with one attached hydrogen (secondary N) is 1. The number of hydrogen-bond donors (Lipinski definition) is 2. The summed E-state index contributed by atoms with van der Waals surface area (Å²) >= 11 is 0. The van der Waals surface area contributed by atoms with Crippen molar-refractivity contribution in [3.05, 3.63) is 23.8 Å². The second-order valence-electron chi connectivity index (χ2n) is 4.10. The van der Waals surface area contributed by atoms with Gasteiger partial charge < -0.3 is 11.1 Å². The van der Waals surface area contributed by atoms with Gasteiger partial charge in [0.25, 0.3) is 0 Å². The molecule has 1 rings (SSSR count). The number of hydrogen-bond acceptors (Lipinski definition) is 3. The van der Waals surface area contributed by atoms with Crippen LogP contribution in [0.15, 0.2) is 18.2 Å². The molecule has 0 heterocycles. The summed E-state index contributed by atoms with van der Waals surface area (Å²) in [6, 6.07) is 5.95. The van der Waals surface area contributed by atoms with Gasteiger partial charge in [0.15, 0.2) is 0 Å². The topological polar surface area (TPSA) is 55.1 Å². The van der Waals surface area contributed by atoms with Gasteiger partial charge in [-0.1, -0.05) is 13.0 Å². The molecule has 1 aromatic rings. The Morgan fingerprint density at radius 1 is 1.50 bits per heavy atom. The molecule has 3 nitrogen and oxygen atoms in total. The maximum atomic E-state index is 11.1. The van der Waals surface area contributed by atoms with Gasteiger partial charge in [0.2, 0.25) is 0 Å². The Morgan fingerprint density at radius 3 is 2.75 bits per heavy atom. The first kappa shape index (κ1) is 13.0. The molecule has 16 heavy (non-hydrogen) atoms. The van der Waals surface area contributed by atoms with Crippen molar-refractivity contribution in [1.29, 1.82) is 0 Å². The molecular formula is C12H20N2OS. The van der Waals surface area contributed by atoms with E-state index in [1.165, 1.54) is 0 Å². The van der Waals surface area contributed by atoms with Crippen molar-refractivity contribution < 1.29 is 4.21 Å². The highest BCUT2D eigenvalue weighted by Gasteiger charge is 2.05. The summed E-state index contributed by atoms with van der Waals surface area (Å²) < 4.78 is 11.1. The first-order valence-corrected chi connectivity index (χ1v) is 7.05. The minimum atomic E-state index is -0.741. The Balaban J connectivity index is 2.43. The summed E-state index contributed by atoms with van der Waals surface area (Å²) in [5, 5.41) is 3.52. The lowest BCUT2D eigenvalue weighted by Crippen LogP contribution is -2.14. The smallest absolute Gasteiger partial charge is 0.0364 e. The highest BCUT2D eigenvalue weighted by molar-refractivity contribution is 7.84. The largest absolute Gasteiger partial charge is 0.398 e. The number of aryl methyl sites for hydroxylation is 1. The van der Waals surface area contributed by atoms with Crippen molar-refractivity contribution >= 4 is 22.2 Å². The van der Waals surface area contributed by atoms with E-state index in [1.807, 2.05) is 32.0 Å². The third-order valence-electron chi connectivity index (χ3n) is 2.73. The Kier molecular flexibility index (Phi) is 4.80. The Bertz CT molecular complexity index is 379. The third-order valence-corrected chi connectivity index (χ3v) is 4.09. The van der Waals surface area contributed by atoms with Crippen molar-refractivity contribution in [3.8, 4) is 0 Å². The molecule has 0 aliphatic heterocycles. The number of nitrogens with two attached hydrogens (primary N) is 1. The van der Waals surface area contributed by atoms with E-state index >= 15 is 0 Å². The van der Waals surface area contributed by atoms with Crippen LogP contribution in [0.2, 0.25) is 0 Å².